The van der Waals surface area contributed by atoms with Gasteiger partial charge in [0.15, 0.2) is 0 Å². The zero-order chi connectivity index (χ0) is 27.3. The molecular weight excluding hydrogens is 528 g/mol. The predicted octanol–water partition coefficient (Wildman–Crippen LogP) is 5.01. The summed E-state index contributed by atoms with van der Waals surface area (Å²) in [6.07, 6.45) is 0.988. The minimum absolute atomic E-state index is 0.0147. The molecule has 2 rings (SSSR count). The first-order chi connectivity index (χ1) is 16.6. The maximum absolute atomic E-state index is 14.3. The van der Waals surface area contributed by atoms with Crippen LogP contribution in [0.5, 0.6) is 0 Å². The molecule has 198 valence electrons. The van der Waals surface area contributed by atoms with Crippen molar-refractivity contribution in [1.82, 2.24) is 10.2 Å². The van der Waals surface area contributed by atoms with Crippen LogP contribution in [-0.4, -0.2) is 49.5 Å². The number of hydrogen-bond acceptors (Lipinski definition) is 4. The maximum Gasteiger partial charge on any atom is 0.242 e. The summed E-state index contributed by atoms with van der Waals surface area (Å²) >= 11 is 12.6. The number of halogens is 3. The first-order valence-corrected chi connectivity index (χ1v) is 14.0. The smallest absolute Gasteiger partial charge is 0.242 e. The van der Waals surface area contributed by atoms with Crippen molar-refractivity contribution in [2.24, 2.45) is 0 Å². The number of anilines is 1. The Labute approximate surface area is 222 Å². The molecule has 0 saturated heterocycles. The molecular formula is C25H32Cl2FN3O4S. The van der Waals surface area contributed by atoms with Crippen molar-refractivity contribution < 1.29 is 22.4 Å². The fraction of sp³-hybridized carbons (Fsp3) is 0.440. The summed E-state index contributed by atoms with van der Waals surface area (Å²) in [5.74, 6) is -1.44. The molecule has 7 nitrogen and oxygen atoms in total. The highest BCUT2D eigenvalue weighted by Gasteiger charge is 2.30. The van der Waals surface area contributed by atoms with Crippen molar-refractivity contribution in [3.05, 3.63) is 63.9 Å². The lowest BCUT2D eigenvalue weighted by Gasteiger charge is -2.32. The van der Waals surface area contributed by atoms with Gasteiger partial charge in [0.05, 0.1) is 11.9 Å². The van der Waals surface area contributed by atoms with Gasteiger partial charge in [0, 0.05) is 40.7 Å². The highest BCUT2D eigenvalue weighted by Crippen LogP contribution is 2.27. The highest BCUT2D eigenvalue weighted by atomic mass is 35.5. The number of carbonyl (C=O) groups is 2. The van der Waals surface area contributed by atoms with Crippen molar-refractivity contribution in [2.45, 2.75) is 58.7 Å². The predicted molar refractivity (Wildman–Crippen MR) is 142 cm³/mol. The van der Waals surface area contributed by atoms with Gasteiger partial charge in [-0.05, 0) is 58.4 Å². The average Bonchev–Trinajstić information content (AvgIpc) is 2.75. The fourth-order valence-corrected chi connectivity index (χ4v) is 5.03. The Morgan fingerprint density at radius 2 is 1.64 bits per heavy atom. The Morgan fingerprint density at radius 1 is 1.06 bits per heavy atom. The number of carbonyl (C=O) groups excluding carboxylic acids is 2. The van der Waals surface area contributed by atoms with E-state index in [2.05, 4.69) is 5.32 Å². The lowest BCUT2D eigenvalue weighted by molar-refractivity contribution is -0.141. The van der Waals surface area contributed by atoms with Crippen LogP contribution in [0.1, 0.15) is 46.1 Å². The van der Waals surface area contributed by atoms with Crippen LogP contribution in [0.2, 0.25) is 10.0 Å². The van der Waals surface area contributed by atoms with Gasteiger partial charge in [-0.3, -0.25) is 13.9 Å². The summed E-state index contributed by atoms with van der Waals surface area (Å²) in [4.78, 5) is 27.6. The van der Waals surface area contributed by atoms with E-state index in [9.17, 15) is 22.4 Å². The molecule has 11 heteroatoms. The van der Waals surface area contributed by atoms with Crippen molar-refractivity contribution in [3.63, 3.8) is 0 Å². The van der Waals surface area contributed by atoms with E-state index in [4.69, 9.17) is 23.2 Å². The van der Waals surface area contributed by atoms with Crippen LogP contribution >= 0.6 is 23.2 Å². The van der Waals surface area contributed by atoms with Crippen molar-refractivity contribution in [2.75, 3.05) is 17.1 Å². The SMILES string of the molecule is C[C@@H](C(=O)NC(C)(C)C)N(Cc1c(Cl)cccc1Cl)C(=O)CCCN(c1ccccc1F)S(C)(=O)=O. The molecule has 0 radical (unpaired) electrons. The van der Waals surface area contributed by atoms with Crippen LogP contribution in [0, 0.1) is 5.82 Å². The van der Waals surface area contributed by atoms with Crippen LogP contribution in [0.3, 0.4) is 0 Å². The molecule has 0 aliphatic rings. The molecule has 2 aromatic rings. The van der Waals surface area contributed by atoms with Crippen LogP contribution in [0.25, 0.3) is 0 Å². The third-order valence-electron chi connectivity index (χ3n) is 5.33. The van der Waals surface area contributed by atoms with Gasteiger partial charge in [0.1, 0.15) is 11.9 Å². The second-order valence-electron chi connectivity index (χ2n) is 9.53. The Hall–Kier alpha value is -2.36. The van der Waals surface area contributed by atoms with Crippen molar-refractivity contribution >= 4 is 50.7 Å². The fourth-order valence-electron chi connectivity index (χ4n) is 3.55. The number of hydrogen-bond donors (Lipinski definition) is 1. The van der Waals surface area contributed by atoms with E-state index in [1.54, 1.807) is 25.1 Å². The van der Waals surface area contributed by atoms with E-state index in [0.29, 0.717) is 15.6 Å². The van der Waals surface area contributed by atoms with Gasteiger partial charge >= 0.3 is 0 Å². The molecule has 0 aliphatic carbocycles. The topological polar surface area (TPSA) is 86.8 Å². The lowest BCUT2D eigenvalue weighted by Crippen LogP contribution is -2.52. The standard InChI is InChI=1S/C25H32Cl2FN3O4S/c1-17(24(33)29-25(2,3)4)30(16-18-19(26)10-8-11-20(18)27)23(32)14-9-15-31(36(5,34)35)22-13-7-6-12-21(22)28/h6-8,10-13,17H,9,14-16H2,1-5H3,(H,29,33)/t17-/m0/s1. The summed E-state index contributed by atoms with van der Waals surface area (Å²) in [7, 11) is -3.80. The molecule has 0 heterocycles. The zero-order valence-corrected chi connectivity index (χ0v) is 23.3. The van der Waals surface area contributed by atoms with Gasteiger partial charge in [0.25, 0.3) is 0 Å². The summed E-state index contributed by atoms with van der Waals surface area (Å²) < 4.78 is 39.9. The monoisotopic (exact) mass is 559 g/mol. The van der Waals surface area contributed by atoms with E-state index < -0.39 is 33.3 Å². The molecule has 0 spiro atoms. The molecule has 0 bridgehead atoms. The molecule has 36 heavy (non-hydrogen) atoms. The quantitative estimate of drug-likeness (QED) is 0.443. The van der Waals surface area contributed by atoms with E-state index >= 15 is 0 Å². The molecule has 0 fully saturated rings. The third kappa shape index (κ3) is 8.35. The molecule has 2 aromatic carbocycles. The zero-order valence-electron chi connectivity index (χ0n) is 21.0. The number of nitrogens with one attached hydrogen (secondary N) is 1. The van der Waals surface area contributed by atoms with Crippen LogP contribution in [-0.2, 0) is 26.2 Å². The van der Waals surface area contributed by atoms with Crippen molar-refractivity contribution in [1.29, 1.82) is 0 Å². The number of amides is 2. The number of rotatable bonds is 10. The molecule has 0 aliphatic heterocycles. The molecule has 1 atom stereocenters. The molecule has 0 aromatic heterocycles. The van der Waals surface area contributed by atoms with E-state index in [1.165, 1.54) is 29.2 Å². The van der Waals surface area contributed by atoms with E-state index in [-0.39, 0.29) is 37.5 Å². The molecule has 0 saturated carbocycles. The van der Waals surface area contributed by atoms with Crippen LogP contribution < -0.4 is 9.62 Å². The van der Waals surface area contributed by atoms with Gasteiger partial charge < -0.3 is 10.2 Å². The van der Waals surface area contributed by atoms with Crippen LogP contribution in [0.15, 0.2) is 42.5 Å². The first-order valence-electron chi connectivity index (χ1n) is 11.4. The van der Waals surface area contributed by atoms with Gasteiger partial charge in [-0.1, -0.05) is 41.4 Å². The summed E-state index contributed by atoms with van der Waals surface area (Å²) in [5, 5.41) is 3.57. The minimum Gasteiger partial charge on any atom is -0.350 e. The second-order valence-corrected chi connectivity index (χ2v) is 12.2. The Kier molecular flexibility index (Phi) is 10.2. The molecule has 1 N–H and O–H groups in total. The van der Waals surface area contributed by atoms with Gasteiger partial charge in [0.2, 0.25) is 21.8 Å². The number of para-hydroxylation sites is 1. The lowest BCUT2D eigenvalue weighted by atomic mass is 10.1. The van der Waals surface area contributed by atoms with Gasteiger partial charge in [-0.2, -0.15) is 0 Å². The minimum atomic E-state index is -3.80. The molecule has 2 amide bonds. The molecule has 0 unspecified atom stereocenters. The third-order valence-corrected chi connectivity index (χ3v) is 7.22. The van der Waals surface area contributed by atoms with E-state index in [0.717, 1.165) is 10.6 Å². The van der Waals surface area contributed by atoms with Gasteiger partial charge in [-0.15, -0.1) is 0 Å². The Bertz CT molecular complexity index is 1180. The van der Waals surface area contributed by atoms with Gasteiger partial charge in [-0.25, -0.2) is 12.8 Å². The first kappa shape index (κ1) is 29.9. The summed E-state index contributed by atoms with van der Waals surface area (Å²) in [5.41, 5.74) is -0.114. The summed E-state index contributed by atoms with van der Waals surface area (Å²) in [6, 6.07) is 9.64. The second kappa shape index (κ2) is 12.3. The Balaban J connectivity index is 2.26. The van der Waals surface area contributed by atoms with E-state index in [1.807, 2.05) is 20.8 Å². The highest BCUT2D eigenvalue weighted by molar-refractivity contribution is 7.92. The number of benzene rings is 2. The summed E-state index contributed by atoms with van der Waals surface area (Å²) in [6.45, 7) is 6.96. The largest absolute Gasteiger partial charge is 0.350 e. The normalized spacial score (nSPS) is 12.7. The number of sulfonamides is 1. The Morgan fingerprint density at radius 3 is 2.17 bits per heavy atom. The number of nitrogens with zero attached hydrogens (tertiary/aromatic N) is 2. The maximum atomic E-state index is 14.3. The average molecular weight is 561 g/mol. The van der Waals surface area contributed by atoms with Crippen molar-refractivity contribution in [3.8, 4) is 0 Å². The van der Waals surface area contributed by atoms with Crippen LogP contribution in [0.4, 0.5) is 10.1 Å².